The van der Waals surface area contributed by atoms with Crippen molar-refractivity contribution in [3.63, 3.8) is 0 Å². The first kappa shape index (κ1) is 14.3. The lowest BCUT2D eigenvalue weighted by molar-refractivity contribution is 0.641. The van der Waals surface area contributed by atoms with Gasteiger partial charge in [-0.25, -0.2) is 9.97 Å². The van der Waals surface area contributed by atoms with Crippen LogP contribution in [0.4, 0.5) is 0 Å². The fourth-order valence-electron chi connectivity index (χ4n) is 1.66. The van der Waals surface area contributed by atoms with Crippen LogP contribution in [0.1, 0.15) is 18.9 Å². The van der Waals surface area contributed by atoms with E-state index >= 15 is 0 Å². The van der Waals surface area contributed by atoms with Crippen LogP contribution in [-0.2, 0) is 6.42 Å². The molecule has 0 fully saturated rings. The van der Waals surface area contributed by atoms with Crippen LogP contribution in [0.3, 0.4) is 0 Å². The molecule has 3 nitrogen and oxygen atoms in total. The van der Waals surface area contributed by atoms with Crippen molar-refractivity contribution in [1.82, 2.24) is 9.97 Å². The smallest absolute Gasteiger partial charge is 0.192 e. The maximum Gasteiger partial charge on any atom is 0.192 e. The summed E-state index contributed by atoms with van der Waals surface area (Å²) in [6.45, 7) is 2.09. The van der Waals surface area contributed by atoms with E-state index in [1.54, 1.807) is 18.5 Å². The van der Waals surface area contributed by atoms with Gasteiger partial charge in [-0.3, -0.25) is 0 Å². The highest BCUT2D eigenvalue weighted by Crippen LogP contribution is 2.31. The summed E-state index contributed by atoms with van der Waals surface area (Å²) in [5.41, 5.74) is 7.22. The zero-order valence-electron chi connectivity index (χ0n) is 10.7. The third kappa shape index (κ3) is 4.20. The summed E-state index contributed by atoms with van der Waals surface area (Å²) in [6, 6.07) is 7.84. The van der Waals surface area contributed by atoms with Gasteiger partial charge in [-0.1, -0.05) is 24.6 Å². The van der Waals surface area contributed by atoms with E-state index in [4.69, 9.17) is 17.3 Å². The maximum absolute atomic E-state index is 6.07. The van der Waals surface area contributed by atoms with E-state index in [0.29, 0.717) is 5.02 Å². The van der Waals surface area contributed by atoms with Crippen LogP contribution in [0, 0.1) is 0 Å². The van der Waals surface area contributed by atoms with Crippen molar-refractivity contribution in [3.05, 3.63) is 47.2 Å². The average molecular weight is 294 g/mol. The van der Waals surface area contributed by atoms with E-state index in [-0.39, 0.29) is 6.04 Å². The molecule has 0 saturated heterocycles. The monoisotopic (exact) mass is 293 g/mol. The molecule has 100 valence electrons. The fraction of sp³-hybridized carbons (Fsp3) is 0.286. The molecule has 1 aromatic heterocycles. The maximum atomic E-state index is 6.07. The van der Waals surface area contributed by atoms with Crippen LogP contribution in [0.15, 0.2) is 46.7 Å². The van der Waals surface area contributed by atoms with E-state index in [9.17, 15) is 0 Å². The summed E-state index contributed by atoms with van der Waals surface area (Å²) in [4.78, 5) is 9.52. The molecule has 1 unspecified atom stereocenters. The molecule has 19 heavy (non-hydrogen) atoms. The molecule has 0 amide bonds. The molecule has 0 spiro atoms. The number of halogens is 1. The lowest BCUT2D eigenvalue weighted by atomic mass is 10.1. The van der Waals surface area contributed by atoms with Crippen molar-refractivity contribution >= 4 is 23.4 Å². The Labute approximate surface area is 122 Å². The zero-order chi connectivity index (χ0) is 13.7. The normalized spacial score (nSPS) is 12.4. The topological polar surface area (TPSA) is 51.8 Å². The van der Waals surface area contributed by atoms with Crippen LogP contribution in [0.25, 0.3) is 0 Å². The Morgan fingerprint density at radius 3 is 2.74 bits per heavy atom. The predicted molar refractivity (Wildman–Crippen MR) is 79.6 cm³/mol. The molecule has 0 saturated carbocycles. The molecule has 2 N–H and O–H groups in total. The molecule has 1 aromatic carbocycles. The van der Waals surface area contributed by atoms with E-state index in [0.717, 1.165) is 22.9 Å². The van der Waals surface area contributed by atoms with Crippen molar-refractivity contribution in [2.75, 3.05) is 0 Å². The SMILES string of the molecule is CCC(N)Cc1ccc(Cl)cc1Sc1ncccn1. The lowest BCUT2D eigenvalue weighted by Gasteiger charge is -2.13. The molecule has 1 heterocycles. The van der Waals surface area contributed by atoms with Gasteiger partial charge in [0.2, 0.25) is 0 Å². The zero-order valence-corrected chi connectivity index (χ0v) is 12.3. The molecule has 1 atom stereocenters. The van der Waals surface area contributed by atoms with E-state index < -0.39 is 0 Å². The van der Waals surface area contributed by atoms with Crippen molar-refractivity contribution in [2.45, 2.75) is 35.9 Å². The lowest BCUT2D eigenvalue weighted by Crippen LogP contribution is -2.21. The largest absolute Gasteiger partial charge is 0.327 e. The third-order valence-electron chi connectivity index (χ3n) is 2.78. The summed E-state index contributed by atoms with van der Waals surface area (Å²) in [5.74, 6) is 0. The van der Waals surface area contributed by atoms with Gasteiger partial charge >= 0.3 is 0 Å². The summed E-state index contributed by atoms with van der Waals surface area (Å²) in [5, 5.41) is 1.43. The molecule has 0 bridgehead atoms. The number of hydrogen-bond acceptors (Lipinski definition) is 4. The summed E-state index contributed by atoms with van der Waals surface area (Å²) >= 11 is 7.59. The predicted octanol–water partition coefficient (Wildman–Crippen LogP) is 3.56. The van der Waals surface area contributed by atoms with E-state index in [1.165, 1.54) is 17.3 Å². The van der Waals surface area contributed by atoms with Crippen LogP contribution < -0.4 is 5.73 Å². The quantitative estimate of drug-likeness (QED) is 0.857. The molecule has 0 aliphatic carbocycles. The molecule has 0 radical (unpaired) electrons. The first-order valence-electron chi connectivity index (χ1n) is 6.18. The van der Waals surface area contributed by atoms with Crippen molar-refractivity contribution < 1.29 is 0 Å². The van der Waals surface area contributed by atoms with Gasteiger partial charge in [-0.2, -0.15) is 0 Å². The average Bonchev–Trinajstić information content (AvgIpc) is 2.43. The number of hydrogen-bond donors (Lipinski definition) is 1. The number of rotatable bonds is 5. The van der Waals surface area contributed by atoms with Crippen LogP contribution >= 0.6 is 23.4 Å². The number of nitrogens with zero attached hydrogens (tertiary/aromatic N) is 2. The van der Waals surface area contributed by atoms with Crippen LogP contribution in [-0.4, -0.2) is 16.0 Å². The Morgan fingerprint density at radius 2 is 2.05 bits per heavy atom. The first-order valence-corrected chi connectivity index (χ1v) is 7.37. The van der Waals surface area contributed by atoms with Gasteiger partial charge in [0, 0.05) is 28.4 Å². The van der Waals surface area contributed by atoms with Crippen molar-refractivity contribution in [2.24, 2.45) is 5.73 Å². The minimum atomic E-state index is 0.164. The Balaban J connectivity index is 2.24. The number of nitrogens with two attached hydrogens (primary N) is 1. The molecular weight excluding hydrogens is 278 g/mol. The number of aromatic nitrogens is 2. The molecular formula is C14H16ClN3S. The Morgan fingerprint density at radius 1 is 1.32 bits per heavy atom. The highest BCUT2D eigenvalue weighted by atomic mass is 35.5. The van der Waals surface area contributed by atoms with Gasteiger partial charge in [-0.05, 0) is 48.4 Å². The van der Waals surface area contributed by atoms with E-state index in [2.05, 4.69) is 16.9 Å². The van der Waals surface area contributed by atoms with Crippen LogP contribution in [0.2, 0.25) is 5.02 Å². The third-order valence-corrected chi connectivity index (χ3v) is 4.01. The van der Waals surface area contributed by atoms with Gasteiger partial charge < -0.3 is 5.73 Å². The van der Waals surface area contributed by atoms with Gasteiger partial charge in [0.25, 0.3) is 0 Å². The summed E-state index contributed by atoms with van der Waals surface area (Å²) in [7, 11) is 0. The van der Waals surface area contributed by atoms with Crippen LogP contribution in [0.5, 0.6) is 0 Å². The van der Waals surface area contributed by atoms with Gasteiger partial charge in [0.15, 0.2) is 5.16 Å². The molecule has 0 aliphatic rings. The Kier molecular flexibility index (Phi) is 5.19. The van der Waals surface area contributed by atoms with Gasteiger partial charge in [-0.15, -0.1) is 0 Å². The highest BCUT2D eigenvalue weighted by molar-refractivity contribution is 7.99. The molecule has 0 aliphatic heterocycles. The van der Waals surface area contributed by atoms with Crippen molar-refractivity contribution in [3.8, 4) is 0 Å². The highest BCUT2D eigenvalue weighted by Gasteiger charge is 2.10. The fourth-order valence-corrected chi connectivity index (χ4v) is 2.78. The number of benzene rings is 1. The van der Waals surface area contributed by atoms with Gasteiger partial charge in [0.1, 0.15) is 0 Å². The minimum Gasteiger partial charge on any atom is -0.327 e. The van der Waals surface area contributed by atoms with E-state index in [1.807, 2.05) is 18.2 Å². The Hall–Kier alpha value is -1.10. The first-order chi connectivity index (χ1) is 9.19. The standard InChI is InChI=1S/C14H16ClN3S/c1-2-12(16)8-10-4-5-11(15)9-13(10)19-14-17-6-3-7-18-14/h3-7,9,12H,2,8,16H2,1H3. The van der Waals surface area contributed by atoms with Gasteiger partial charge in [0.05, 0.1) is 0 Å². The molecule has 5 heteroatoms. The summed E-state index contributed by atoms with van der Waals surface area (Å²) in [6.07, 6.45) is 5.26. The minimum absolute atomic E-state index is 0.164. The second-order valence-corrected chi connectivity index (χ2v) is 5.70. The molecule has 2 rings (SSSR count). The summed E-state index contributed by atoms with van der Waals surface area (Å²) < 4.78 is 0. The second-order valence-electron chi connectivity index (χ2n) is 4.26. The second kappa shape index (κ2) is 6.89. The molecule has 2 aromatic rings. The van der Waals surface area contributed by atoms with Crippen molar-refractivity contribution in [1.29, 1.82) is 0 Å². The Bertz CT molecular complexity index is 533.